The topological polar surface area (TPSA) is 55.1 Å². The summed E-state index contributed by atoms with van der Waals surface area (Å²) in [5.74, 6) is 1.25. The maximum absolute atomic E-state index is 11.8. The fraction of sp³-hybridized carbons (Fsp3) is 0.385. The monoisotopic (exact) mass is 280 g/mol. The highest BCUT2D eigenvalue weighted by atomic mass is 32.2. The Balaban J connectivity index is 1.86. The number of rotatable bonds is 4. The van der Waals surface area contributed by atoms with Gasteiger partial charge in [-0.3, -0.25) is 4.79 Å². The second kappa shape index (κ2) is 6.20. The summed E-state index contributed by atoms with van der Waals surface area (Å²) < 4.78 is 0. The molecule has 1 aromatic carbocycles. The van der Waals surface area contributed by atoms with Crippen molar-refractivity contribution < 1.29 is 4.79 Å². The SMILES string of the molecule is NC(=S)c1ccc(CNC(=O)C2CCCS2)cc1. The first-order valence-corrected chi connectivity index (χ1v) is 7.40. The number of carbonyl (C=O) groups is 1. The van der Waals surface area contributed by atoms with Crippen molar-refractivity contribution in [3.8, 4) is 0 Å². The van der Waals surface area contributed by atoms with Crippen molar-refractivity contribution in [1.82, 2.24) is 5.32 Å². The number of benzene rings is 1. The maximum atomic E-state index is 11.8. The number of amides is 1. The summed E-state index contributed by atoms with van der Waals surface area (Å²) in [5.41, 5.74) is 7.44. The molecule has 1 amide bonds. The predicted molar refractivity (Wildman–Crippen MR) is 79.7 cm³/mol. The highest BCUT2D eigenvalue weighted by Gasteiger charge is 2.22. The van der Waals surface area contributed by atoms with Gasteiger partial charge in [-0.15, -0.1) is 11.8 Å². The maximum Gasteiger partial charge on any atom is 0.233 e. The molecule has 1 aromatic rings. The zero-order valence-electron chi connectivity index (χ0n) is 10.0. The van der Waals surface area contributed by atoms with E-state index in [4.69, 9.17) is 18.0 Å². The van der Waals surface area contributed by atoms with E-state index in [0.717, 1.165) is 29.7 Å². The van der Waals surface area contributed by atoms with Crippen molar-refractivity contribution in [3.05, 3.63) is 35.4 Å². The fourth-order valence-corrected chi connectivity index (χ4v) is 3.20. The predicted octanol–water partition coefficient (Wildman–Crippen LogP) is 1.83. The lowest BCUT2D eigenvalue weighted by Gasteiger charge is -2.10. The van der Waals surface area contributed by atoms with Crippen LogP contribution in [0.3, 0.4) is 0 Å². The number of hydrogen-bond donors (Lipinski definition) is 2. The molecule has 3 nitrogen and oxygen atoms in total. The third-order valence-electron chi connectivity index (χ3n) is 2.93. The molecule has 96 valence electrons. The first-order chi connectivity index (χ1) is 8.66. The Labute approximate surface area is 117 Å². The van der Waals surface area contributed by atoms with Crippen LogP contribution < -0.4 is 11.1 Å². The lowest BCUT2D eigenvalue weighted by atomic mass is 10.1. The molecular weight excluding hydrogens is 264 g/mol. The van der Waals surface area contributed by atoms with Gasteiger partial charge in [0.25, 0.3) is 0 Å². The Morgan fingerprint density at radius 3 is 2.72 bits per heavy atom. The Morgan fingerprint density at radius 1 is 1.44 bits per heavy atom. The number of carbonyl (C=O) groups excluding carboxylic acids is 1. The molecule has 0 aliphatic carbocycles. The van der Waals surface area contributed by atoms with E-state index in [-0.39, 0.29) is 11.2 Å². The van der Waals surface area contributed by atoms with E-state index in [0.29, 0.717) is 11.5 Å². The number of hydrogen-bond acceptors (Lipinski definition) is 3. The summed E-state index contributed by atoms with van der Waals surface area (Å²) in [4.78, 5) is 12.2. The van der Waals surface area contributed by atoms with Gasteiger partial charge in [0.1, 0.15) is 4.99 Å². The van der Waals surface area contributed by atoms with E-state index in [2.05, 4.69) is 5.32 Å². The van der Waals surface area contributed by atoms with Gasteiger partial charge in [-0.1, -0.05) is 36.5 Å². The molecule has 0 bridgehead atoms. The molecule has 1 aliphatic rings. The molecule has 0 spiro atoms. The number of nitrogens with one attached hydrogen (secondary N) is 1. The zero-order valence-corrected chi connectivity index (χ0v) is 11.7. The summed E-state index contributed by atoms with van der Waals surface area (Å²) in [6.45, 7) is 0.563. The second-order valence-corrected chi connectivity index (χ2v) is 6.03. The van der Waals surface area contributed by atoms with Crippen LogP contribution in [0, 0.1) is 0 Å². The smallest absolute Gasteiger partial charge is 0.233 e. The second-order valence-electron chi connectivity index (χ2n) is 4.28. The van der Waals surface area contributed by atoms with Gasteiger partial charge in [0.15, 0.2) is 0 Å². The van der Waals surface area contributed by atoms with Gasteiger partial charge in [-0.2, -0.15) is 0 Å². The van der Waals surface area contributed by atoms with Crippen LogP contribution in [0.4, 0.5) is 0 Å². The molecule has 3 N–H and O–H groups in total. The Hall–Kier alpha value is -1.07. The van der Waals surface area contributed by atoms with Crippen molar-refractivity contribution in [2.45, 2.75) is 24.6 Å². The van der Waals surface area contributed by atoms with Crippen molar-refractivity contribution in [2.75, 3.05) is 5.75 Å². The molecule has 2 rings (SSSR count). The van der Waals surface area contributed by atoms with Gasteiger partial charge in [0, 0.05) is 12.1 Å². The number of thiocarbonyl (C=S) groups is 1. The van der Waals surface area contributed by atoms with Gasteiger partial charge >= 0.3 is 0 Å². The van der Waals surface area contributed by atoms with Crippen LogP contribution in [-0.4, -0.2) is 21.9 Å². The van der Waals surface area contributed by atoms with Crippen LogP contribution in [0.15, 0.2) is 24.3 Å². The molecule has 0 aromatic heterocycles. The van der Waals surface area contributed by atoms with Crippen LogP contribution in [0.1, 0.15) is 24.0 Å². The standard InChI is InChI=1S/C13H16N2OS2/c14-12(17)10-5-3-9(4-6-10)8-15-13(16)11-2-1-7-18-11/h3-6,11H,1-2,7-8H2,(H2,14,17)(H,15,16). The molecule has 1 fully saturated rings. The summed E-state index contributed by atoms with van der Waals surface area (Å²) in [6, 6.07) is 7.65. The van der Waals surface area contributed by atoms with Crippen molar-refractivity contribution >= 4 is 34.9 Å². The molecule has 1 aliphatic heterocycles. The Bertz CT molecular complexity index is 439. The quantitative estimate of drug-likeness (QED) is 0.826. The normalized spacial score (nSPS) is 18.6. The molecule has 5 heteroatoms. The van der Waals surface area contributed by atoms with Gasteiger partial charge in [0.05, 0.1) is 5.25 Å². The van der Waals surface area contributed by atoms with Crippen molar-refractivity contribution in [3.63, 3.8) is 0 Å². The lowest BCUT2D eigenvalue weighted by molar-refractivity contribution is -0.120. The average Bonchev–Trinajstić information content (AvgIpc) is 2.90. The Morgan fingerprint density at radius 2 is 2.17 bits per heavy atom. The molecular formula is C13H16N2OS2. The fourth-order valence-electron chi connectivity index (χ4n) is 1.87. The van der Waals surface area contributed by atoms with Crippen LogP contribution in [0.2, 0.25) is 0 Å². The largest absolute Gasteiger partial charge is 0.389 e. The van der Waals surface area contributed by atoms with Crippen LogP contribution >= 0.6 is 24.0 Å². The molecule has 0 radical (unpaired) electrons. The van der Waals surface area contributed by atoms with E-state index in [1.165, 1.54) is 0 Å². The number of thioether (sulfide) groups is 1. The van der Waals surface area contributed by atoms with E-state index in [1.807, 2.05) is 24.3 Å². The van der Waals surface area contributed by atoms with E-state index < -0.39 is 0 Å². The average molecular weight is 280 g/mol. The molecule has 1 heterocycles. The summed E-state index contributed by atoms with van der Waals surface area (Å²) in [6.07, 6.45) is 2.14. The highest BCUT2D eigenvalue weighted by molar-refractivity contribution is 8.00. The first kappa shape index (κ1) is 13.4. The van der Waals surface area contributed by atoms with Crippen molar-refractivity contribution in [1.29, 1.82) is 0 Å². The van der Waals surface area contributed by atoms with Gasteiger partial charge in [0.2, 0.25) is 5.91 Å². The van der Waals surface area contributed by atoms with Crippen LogP contribution in [0.25, 0.3) is 0 Å². The molecule has 1 saturated heterocycles. The van der Waals surface area contributed by atoms with Gasteiger partial charge in [-0.25, -0.2) is 0 Å². The lowest BCUT2D eigenvalue weighted by Crippen LogP contribution is -2.30. The van der Waals surface area contributed by atoms with E-state index in [9.17, 15) is 4.79 Å². The summed E-state index contributed by atoms with van der Waals surface area (Å²) >= 11 is 6.64. The van der Waals surface area contributed by atoms with Crippen LogP contribution in [-0.2, 0) is 11.3 Å². The highest BCUT2D eigenvalue weighted by Crippen LogP contribution is 2.26. The minimum absolute atomic E-state index is 0.140. The number of nitrogens with two attached hydrogens (primary N) is 1. The first-order valence-electron chi connectivity index (χ1n) is 5.95. The molecule has 1 unspecified atom stereocenters. The van der Waals surface area contributed by atoms with Crippen LogP contribution in [0.5, 0.6) is 0 Å². The summed E-state index contributed by atoms with van der Waals surface area (Å²) in [7, 11) is 0. The van der Waals surface area contributed by atoms with Gasteiger partial charge in [-0.05, 0) is 24.2 Å². The molecule has 0 saturated carbocycles. The third-order valence-corrected chi connectivity index (χ3v) is 4.54. The molecule has 18 heavy (non-hydrogen) atoms. The van der Waals surface area contributed by atoms with E-state index in [1.54, 1.807) is 11.8 Å². The third kappa shape index (κ3) is 3.46. The molecule has 1 atom stereocenters. The van der Waals surface area contributed by atoms with E-state index >= 15 is 0 Å². The van der Waals surface area contributed by atoms with Gasteiger partial charge < -0.3 is 11.1 Å². The Kier molecular flexibility index (Phi) is 4.60. The minimum Gasteiger partial charge on any atom is -0.389 e. The zero-order chi connectivity index (χ0) is 13.0. The van der Waals surface area contributed by atoms with Crippen molar-refractivity contribution in [2.24, 2.45) is 5.73 Å². The summed E-state index contributed by atoms with van der Waals surface area (Å²) in [5, 5.41) is 3.11. The minimum atomic E-state index is 0.140.